The van der Waals surface area contributed by atoms with Crippen LogP contribution in [0.1, 0.15) is 33.2 Å². The van der Waals surface area contributed by atoms with Crippen LogP contribution in [-0.2, 0) is 11.3 Å². The fourth-order valence-electron chi connectivity index (χ4n) is 3.41. The van der Waals surface area contributed by atoms with Gasteiger partial charge in [0.2, 0.25) is 0 Å². The number of rotatable bonds is 7. The molecule has 3 aromatic carbocycles. The van der Waals surface area contributed by atoms with E-state index < -0.39 is 0 Å². The topological polar surface area (TPSA) is 73.2 Å². The van der Waals surface area contributed by atoms with Crippen LogP contribution in [0.4, 0.5) is 5.69 Å². The molecular formula is C26H23N3O3. The molecule has 4 rings (SSSR count). The van der Waals surface area contributed by atoms with Crippen molar-refractivity contribution in [3.63, 3.8) is 0 Å². The molecule has 6 heteroatoms. The Morgan fingerprint density at radius 2 is 1.69 bits per heavy atom. The molecule has 6 nitrogen and oxygen atoms in total. The lowest BCUT2D eigenvalue weighted by Gasteiger charge is -2.12. The quantitative estimate of drug-likeness (QED) is 0.422. The van der Waals surface area contributed by atoms with E-state index in [0.717, 1.165) is 16.7 Å². The van der Waals surface area contributed by atoms with E-state index in [4.69, 9.17) is 4.74 Å². The predicted octanol–water partition coefficient (Wildman–Crippen LogP) is 5.03. The van der Waals surface area contributed by atoms with Crippen molar-refractivity contribution in [2.75, 3.05) is 11.9 Å². The van der Waals surface area contributed by atoms with Crippen LogP contribution in [0.2, 0.25) is 0 Å². The van der Waals surface area contributed by atoms with Gasteiger partial charge in [-0.1, -0.05) is 42.5 Å². The molecule has 0 unspecified atom stereocenters. The van der Waals surface area contributed by atoms with Gasteiger partial charge in [-0.3, -0.25) is 9.48 Å². The van der Waals surface area contributed by atoms with Crippen LogP contribution in [0.15, 0.2) is 91.3 Å². The zero-order valence-electron chi connectivity index (χ0n) is 17.7. The summed E-state index contributed by atoms with van der Waals surface area (Å²) in [6.45, 7) is 2.77. The molecule has 0 saturated heterocycles. The van der Waals surface area contributed by atoms with Crippen molar-refractivity contribution < 1.29 is 14.3 Å². The van der Waals surface area contributed by atoms with Crippen molar-refractivity contribution in [1.82, 2.24) is 9.78 Å². The maximum atomic E-state index is 13.0. The maximum absolute atomic E-state index is 13.0. The summed E-state index contributed by atoms with van der Waals surface area (Å²) in [7, 11) is 0. The van der Waals surface area contributed by atoms with E-state index in [1.54, 1.807) is 43.5 Å². The lowest BCUT2D eigenvalue weighted by molar-refractivity contribution is 0.0526. The molecule has 1 amide bonds. The smallest absolute Gasteiger partial charge is 0.338 e. The van der Waals surface area contributed by atoms with E-state index in [9.17, 15) is 9.59 Å². The first-order valence-electron chi connectivity index (χ1n) is 10.4. The van der Waals surface area contributed by atoms with E-state index in [1.807, 2.05) is 59.4 Å². The van der Waals surface area contributed by atoms with Crippen LogP contribution in [0, 0.1) is 0 Å². The summed E-state index contributed by atoms with van der Waals surface area (Å²) >= 11 is 0. The molecule has 1 N–H and O–H groups in total. The molecule has 0 aliphatic heterocycles. The summed E-state index contributed by atoms with van der Waals surface area (Å²) in [6.07, 6.45) is 3.68. The van der Waals surface area contributed by atoms with Gasteiger partial charge in [0.05, 0.1) is 18.7 Å². The summed E-state index contributed by atoms with van der Waals surface area (Å²) in [5.41, 5.74) is 4.55. The average Bonchev–Trinajstić information content (AvgIpc) is 3.33. The lowest BCUT2D eigenvalue weighted by Crippen LogP contribution is -2.13. The number of hydrogen-bond donors (Lipinski definition) is 1. The summed E-state index contributed by atoms with van der Waals surface area (Å²) in [6, 6.07) is 24.2. The summed E-state index contributed by atoms with van der Waals surface area (Å²) in [5.74, 6) is -0.600. The van der Waals surface area contributed by atoms with E-state index in [2.05, 4.69) is 10.4 Å². The minimum atomic E-state index is -0.383. The second kappa shape index (κ2) is 9.75. The highest BCUT2D eigenvalue weighted by atomic mass is 16.5. The van der Waals surface area contributed by atoms with Gasteiger partial charge >= 0.3 is 5.97 Å². The number of amides is 1. The third-order valence-electron chi connectivity index (χ3n) is 4.99. The molecule has 1 heterocycles. The Morgan fingerprint density at radius 3 is 2.38 bits per heavy atom. The normalized spacial score (nSPS) is 10.5. The number of ether oxygens (including phenoxy) is 1. The highest BCUT2D eigenvalue weighted by Crippen LogP contribution is 2.25. The maximum Gasteiger partial charge on any atom is 0.338 e. The monoisotopic (exact) mass is 425 g/mol. The van der Waals surface area contributed by atoms with Crippen molar-refractivity contribution >= 4 is 17.6 Å². The summed E-state index contributed by atoms with van der Waals surface area (Å²) < 4.78 is 6.85. The van der Waals surface area contributed by atoms with Crippen molar-refractivity contribution in [3.05, 3.63) is 108 Å². The third kappa shape index (κ3) is 4.92. The van der Waals surface area contributed by atoms with Gasteiger partial charge in [0.1, 0.15) is 0 Å². The van der Waals surface area contributed by atoms with Crippen LogP contribution in [0.25, 0.3) is 11.1 Å². The van der Waals surface area contributed by atoms with Crippen LogP contribution < -0.4 is 5.32 Å². The van der Waals surface area contributed by atoms with Gasteiger partial charge in [-0.05, 0) is 60.0 Å². The fourth-order valence-corrected chi connectivity index (χ4v) is 3.41. The van der Waals surface area contributed by atoms with Crippen molar-refractivity contribution in [3.8, 4) is 11.1 Å². The van der Waals surface area contributed by atoms with Gasteiger partial charge in [-0.15, -0.1) is 0 Å². The van der Waals surface area contributed by atoms with Gasteiger partial charge < -0.3 is 10.1 Å². The van der Waals surface area contributed by atoms with Crippen LogP contribution in [0.5, 0.6) is 0 Å². The molecule has 32 heavy (non-hydrogen) atoms. The van der Waals surface area contributed by atoms with Gasteiger partial charge in [-0.2, -0.15) is 5.10 Å². The van der Waals surface area contributed by atoms with Crippen molar-refractivity contribution in [2.24, 2.45) is 0 Å². The van der Waals surface area contributed by atoms with Crippen molar-refractivity contribution in [1.29, 1.82) is 0 Å². The summed E-state index contributed by atoms with van der Waals surface area (Å²) in [5, 5.41) is 7.14. The number of nitrogens with one attached hydrogen (secondary N) is 1. The molecule has 0 saturated carbocycles. The molecule has 160 valence electrons. The summed E-state index contributed by atoms with van der Waals surface area (Å²) in [4.78, 5) is 24.8. The molecule has 0 atom stereocenters. The van der Waals surface area contributed by atoms with Crippen molar-refractivity contribution in [2.45, 2.75) is 13.5 Å². The minimum absolute atomic E-state index is 0.217. The molecule has 1 aromatic heterocycles. The average molecular weight is 425 g/mol. The lowest BCUT2D eigenvalue weighted by atomic mass is 9.98. The Morgan fingerprint density at radius 1 is 0.938 bits per heavy atom. The largest absolute Gasteiger partial charge is 0.462 e. The molecule has 0 aliphatic carbocycles. The third-order valence-corrected chi connectivity index (χ3v) is 4.99. The number of carbonyl (C=O) groups excluding carboxylic acids is 2. The Labute approximate surface area is 186 Å². The molecular weight excluding hydrogens is 402 g/mol. The van der Waals surface area contributed by atoms with E-state index in [0.29, 0.717) is 30.0 Å². The first kappa shape index (κ1) is 21.1. The first-order valence-corrected chi connectivity index (χ1v) is 10.4. The Balaban J connectivity index is 1.50. The highest BCUT2D eigenvalue weighted by Gasteiger charge is 2.13. The number of esters is 1. The molecule has 4 aromatic rings. The number of nitrogens with zero attached hydrogens (tertiary/aromatic N) is 2. The molecule has 0 bridgehead atoms. The van der Waals surface area contributed by atoms with E-state index in [-0.39, 0.29) is 11.9 Å². The standard InChI is InChI=1S/C26H23N3O3/c1-2-32-26(31)21-12-14-22(15-13-21)28-25(30)24-7-4-3-6-23(24)20-10-8-19(9-11-20)18-29-17-5-16-27-29/h3-17H,2,18H2,1H3,(H,28,30). The minimum Gasteiger partial charge on any atom is -0.462 e. The second-order valence-corrected chi connectivity index (χ2v) is 7.20. The molecule has 0 aliphatic rings. The highest BCUT2D eigenvalue weighted by molar-refractivity contribution is 6.08. The number of anilines is 1. The first-order chi connectivity index (χ1) is 15.6. The van der Waals surface area contributed by atoms with Gasteiger partial charge in [0, 0.05) is 23.6 Å². The zero-order valence-corrected chi connectivity index (χ0v) is 17.7. The van der Waals surface area contributed by atoms with Gasteiger partial charge in [-0.25, -0.2) is 4.79 Å². The number of hydrogen-bond acceptors (Lipinski definition) is 4. The van der Waals surface area contributed by atoms with Crippen LogP contribution in [0.3, 0.4) is 0 Å². The number of benzene rings is 3. The molecule has 0 radical (unpaired) electrons. The second-order valence-electron chi connectivity index (χ2n) is 7.20. The Kier molecular flexibility index (Phi) is 6.41. The Hall–Kier alpha value is -4.19. The van der Waals surface area contributed by atoms with E-state index in [1.165, 1.54) is 0 Å². The fraction of sp³-hybridized carbons (Fsp3) is 0.115. The SMILES string of the molecule is CCOC(=O)c1ccc(NC(=O)c2ccccc2-c2ccc(Cn3cccn3)cc2)cc1. The Bertz CT molecular complexity index is 1200. The number of carbonyl (C=O) groups is 2. The van der Waals surface area contributed by atoms with Crippen LogP contribution in [-0.4, -0.2) is 28.3 Å². The zero-order chi connectivity index (χ0) is 22.3. The van der Waals surface area contributed by atoms with Gasteiger partial charge in [0.15, 0.2) is 0 Å². The van der Waals surface area contributed by atoms with Crippen LogP contribution >= 0.6 is 0 Å². The molecule has 0 spiro atoms. The van der Waals surface area contributed by atoms with E-state index >= 15 is 0 Å². The van der Waals surface area contributed by atoms with Gasteiger partial charge in [0.25, 0.3) is 5.91 Å². The number of aromatic nitrogens is 2. The molecule has 0 fully saturated rings. The predicted molar refractivity (Wildman–Crippen MR) is 124 cm³/mol.